The molecule has 0 spiro atoms. The zero-order chi connectivity index (χ0) is 27.8. The third-order valence-corrected chi connectivity index (χ3v) is 7.22. The third kappa shape index (κ3) is 5.05. The van der Waals surface area contributed by atoms with Crippen LogP contribution in [0.3, 0.4) is 0 Å². The van der Waals surface area contributed by atoms with E-state index >= 15 is 0 Å². The highest BCUT2D eigenvalue weighted by molar-refractivity contribution is 7.88. The van der Waals surface area contributed by atoms with Gasteiger partial charge in [0.25, 0.3) is 0 Å². The molecule has 0 aliphatic carbocycles. The molecule has 5 aromatic rings. The fourth-order valence-electron chi connectivity index (χ4n) is 4.31. The van der Waals surface area contributed by atoms with E-state index in [1.165, 1.54) is 19.2 Å². The van der Waals surface area contributed by atoms with Crippen LogP contribution in [-0.2, 0) is 10.1 Å². The molecule has 4 aromatic carbocycles. The summed E-state index contributed by atoms with van der Waals surface area (Å²) in [5.74, 6) is 0.326. The Hall–Kier alpha value is -4.38. The summed E-state index contributed by atoms with van der Waals surface area (Å²) < 4.78 is 73.9. The molecule has 1 heterocycles. The maximum Gasteiger partial charge on any atom is 0.534 e. The van der Waals surface area contributed by atoms with Crippen molar-refractivity contribution in [3.63, 3.8) is 0 Å². The van der Waals surface area contributed by atoms with Crippen LogP contribution in [0.25, 0.3) is 32.8 Å². The van der Waals surface area contributed by atoms with E-state index in [1.807, 2.05) is 37.3 Å². The van der Waals surface area contributed by atoms with Crippen LogP contribution in [0.1, 0.15) is 18.5 Å². The zero-order valence-electron chi connectivity index (χ0n) is 20.7. The molecular formula is C28H22F3N3O4S. The molecule has 1 aromatic heterocycles. The highest BCUT2D eigenvalue weighted by Crippen LogP contribution is 2.43. The molecule has 0 aliphatic rings. The van der Waals surface area contributed by atoms with Gasteiger partial charge in [0, 0.05) is 10.8 Å². The van der Waals surface area contributed by atoms with Gasteiger partial charge in [-0.3, -0.25) is 0 Å². The van der Waals surface area contributed by atoms with Crippen LogP contribution < -0.4 is 14.2 Å². The molecule has 0 fully saturated rings. The quantitative estimate of drug-likeness (QED) is 0.174. The maximum absolute atomic E-state index is 13.3. The molecule has 39 heavy (non-hydrogen) atoms. The fraction of sp³-hybridized carbons (Fsp3) is 0.143. The van der Waals surface area contributed by atoms with Gasteiger partial charge in [0.05, 0.1) is 18.7 Å². The summed E-state index contributed by atoms with van der Waals surface area (Å²) in [5, 5.41) is 14.2. The fourth-order valence-corrected chi connectivity index (χ4v) is 4.78. The van der Waals surface area contributed by atoms with Gasteiger partial charge in [-0.25, -0.2) is 0 Å². The van der Waals surface area contributed by atoms with E-state index in [0.717, 1.165) is 5.56 Å². The first-order valence-corrected chi connectivity index (χ1v) is 13.2. The van der Waals surface area contributed by atoms with Gasteiger partial charge in [0.2, 0.25) is 0 Å². The van der Waals surface area contributed by atoms with Crippen LogP contribution >= 0.6 is 0 Å². The second kappa shape index (κ2) is 10.1. The molecule has 1 N–H and O–H groups in total. The summed E-state index contributed by atoms with van der Waals surface area (Å²) in [4.78, 5) is 0. The molecular weight excluding hydrogens is 531 g/mol. The number of hydrogen-bond acceptors (Lipinski definition) is 7. The lowest BCUT2D eigenvalue weighted by Crippen LogP contribution is -2.28. The van der Waals surface area contributed by atoms with Crippen LogP contribution in [0.15, 0.2) is 84.9 Å². The van der Waals surface area contributed by atoms with E-state index in [1.54, 1.807) is 42.5 Å². The number of nitrogens with zero attached hydrogens (tertiary/aromatic N) is 2. The third-order valence-electron chi connectivity index (χ3n) is 6.25. The molecule has 0 saturated carbocycles. The Balaban J connectivity index is 1.73. The van der Waals surface area contributed by atoms with Crippen LogP contribution in [-0.4, -0.2) is 31.2 Å². The van der Waals surface area contributed by atoms with Gasteiger partial charge in [0.1, 0.15) is 11.4 Å². The lowest BCUT2D eigenvalue weighted by atomic mass is 9.97. The zero-order valence-corrected chi connectivity index (χ0v) is 21.5. The Labute approximate surface area is 222 Å². The van der Waals surface area contributed by atoms with Crippen molar-refractivity contribution < 1.29 is 30.5 Å². The van der Waals surface area contributed by atoms with Gasteiger partial charge >= 0.3 is 15.6 Å². The monoisotopic (exact) mass is 553 g/mol. The van der Waals surface area contributed by atoms with Crippen LogP contribution in [0.4, 0.5) is 19.0 Å². The Morgan fingerprint density at radius 3 is 2.21 bits per heavy atom. The van der Waals surface area contributed by atoms with Gasteiger partial charge in [-0.05, 0) is 41.5 Å². The molecule has 7 nitrogen and oxygen atoms in total. The largest absolute Gasteiger partial charge is 0.534 e. The number of fused-ring (bicyclic) bond motifs is 2. The number of aromatic nitrogens is 2. The molecule has 0 saturated heterocycles. The Kier molecular flexibility index (Phi) is 6.77. The first-order valence-electron chi connectivity index (χ1n) is 11.8. The molecule has 11 heteroatoms. The number of ether oxygens (including phenoxy) is 1. The smallest absolute Gasteiger partial charge is 0.497 e. The summed E-state index contributed by atoms with van der Waals surface area (Å²) in [6, 6.07) is 24.2. The lowest BCUT2D eigenvalue weighted by molar-refractivity contribution is -0.0499. The number of nitrogens with one attached hydrogen (secondary N) is 1. The minimum absolute atomic E-state index is 0.0329. The first kappa shape index (κ1) is 26.2. The minimum atomic E-state index is -5.97. The summed E-state index contributed by atoms with van der Waals surface area (Å²) in [7, 11) is -4.52. The lowest BCUT2D eigenvalue weighted by Gasteiger charge is -2.19. The van der Waals surface area contributed by atoms with Crippen molar-refractivity contribution in [2.24, 2.45) is 0 Å². The second-order valence-electron chi connectivity index (χ2n) is 8.73. The highest BCUT2D eigenvalue weighted by Gasteiger charge is 2.49. The number of hydrogen-bond donors (Lipinski definition) is 1. The van der Waals surface area contributed by atoms with Crippen molar-refractivity contribution in [2.45, 2.75) is 18.5 Å². The average molecular weight is 554 g/mol. The van der Waals surface area contributed by atoms with Crippen molar-refractivity contribution in [1.82, 2.24) is 10.2 Å². The molecule has 1 atom stereocenters. The normalized spacial score (nSPS) is 12.8. The van der Waals surface area contributed by atoms with Gasteiger partial charge in [-0.2, -0.15) is 21.6 Å². The number of anilines is 1. The molecule has 0 unspecified atom stereocenters. The predicted molar refractivity (Wildman–Crippen MR) is 143 cm³/mol. The van der Waals surface area contributed by atoms with Crippen molar-refractivity contribution in [1.29, 1.82) is 0 Å². The number of methoxy groups -OCH3 is 1. The van der Waals surface area contributed by atoms with Gasteiger partial charge in [-0.15, -0.1) is 10.2 Å². The molecule has 200 valence electrons. The van der Waals surface area contributed by atoms with Crippen LogP contribution in [0.2, 0.25) is 0 Å². The van der Waals surface area contributed by atoms with Gasteiger partial charge < -0.3 is 14.2 Å². The summed E-state index contributed by atoms with van der Waals surface area (Å²) in [6.45, 7) is 1.96. The van der Waals surface area contributed by atoms with Crippen molar-refractivity contribution in [2.75, 3.05) is 12.4 Å². The standard InChI is InChI=1S/C28H22F3N3O4S/c1-17(18-8-4-3-5-9-18)32-27-22-11-7-6-10-21(22)26(33-34-27)25-23-16-20(37-2)14-12-19(23)13-15-24(25)38-39(35,36)28(29,30)31/h3-17H,1-2H3,(H,32,34)/t17-/m1/s1. The van der Waals surface area contributed by atoms with Crippen molar-refractivity contribution >= 4 is 37.5 Å². The average Bonchev–Trinajstić information content (AvgIpc) is 2.93. The maximum atomic E-state index is 13.3. The number of halogens is 3. The topological polar surface area (TPSA) is 90.4 Å². The Morgan fingerprint density at radius 2 is 1.51 bits per heavy atom. The van der Waals surface area contributed by atoms with E-state index in [4.69, 9.17) is 4.74 Å². The molecule has 0 amide bonds. The van der Waals surface area contributed by atoms with Crippen LogP contribution in [0, 0.1) is 0 Å². The first-order chi connectivity index (χ1) is 18.6. The number of alkyl halides is 3. The number of rotatable bonds is 7. The van der Waals surface area contributed by atoms with E-state index in [2.05, 4.69) is 19.7 Å². The van der Waals surface area contributed by atoms with E-state index in [0.29, 0.717) is 33.1 Å². The molecule has 5 rings (SSSR count). The van der Waals surface area contributed by atoms with Gasteiger partial charge in [-0.1, -0.05) is 66.7 Å². The van der Waals surface area contributed by atoms with Gasteiger partial charge in [0.15, 0.2) is 11.6 Å². The van der Waals surface area contributed by atoms with Crippen molar-refractivity contribution in [3.8, 4) is 22.8 Å². The summed E-state index contributed by atoms with van der Waals surface area (Å²) >= 11 is 0. The van der Waals surface area contributed by atoms with Crippen LogP contribution in [0.5, 0.6) is 11.5 Å². The Morgan fingerprint density at radius 1 is 0.846 bits per heavy atom. The van der Waals surface area contributed by atoms with Crippen molar-refractivity contribution in [3.05, 3.63) is 90.5 Å². The predicted octanol–water partition coefficient (Wildman–Crippen LogP) is 6.86. The SMILES string of the molecule is COc1ccc2ccc(OS(=O)(=O)C(F)(F)F)c(-c3nnc(N[C@H](C)c4ccccc4)c4ccccc34)c2c1. The highest BCUT2D eigenvalue weighted by atomic mass is 32.2. The van der Waals surface area contributed by atoms with E-state index in [-0.39, 0.29) is 17.3 Å². The molecule has 0 radical (unpaired) electrons. The second-order valence-corrected chi connectivity index (χ2v) is 10.3. The van der Waals surface area contributed by atoms with E-state index < -0.39 is 21.4 Å². The summed E-state index contributed by atoms with van der Waals surface area (Å²) in [6.07, 6.45) is 0. The molecule has 0 aliphatic heterocycles. The molecule has 0 bridgehead atoms. The Bertz CT molecular complexity index is 1780. The minimum Gasteiger partial charge on any atom is -0.497 e. The number of benzene rings is 4. The summed E-state index contributed by atoms with van der Waals surface area (Å²) in [5.41, 5.74) is -4.43. The van der Waals surface area contributed by atoms with E-state index in [9.17, 15) is 21.6 Å².